The van der Waals surface area contributed by atoms with Crippen LogP contribution in [0.5, 0.6) is 0 Å². The van der Waals surface area contributed by atoms with Crippen molar-refractivity contribution in [2.24, 2.45) is 5.92 Å². The van der Waals surface area contributed by atoms with Gasteiger partial charge in [-0.3, -0.25) is 0 Å². The van der Waals surface area contributed by atoms with Gasteiger partial charge >= 0.3 is 0 Å². The topological polar surface area (TPSA) is 33.3 Å². The highest BCUT2D eigenvalue weighted by Crippen LogP contribution is 2.23. The van der Waals surface area contributed by atoms with Gasteiger partial charge in [-0.15, -0.1) is 0 Å². The molecular weight excluding hydrogens is 244 g/mol. The summed E-state index contributed by atoms with van der Waals surface area (Å²) >= 11 is 5.36. The largest absolute Gasteiger partial charge is 0.378 e. The van der Waals surface area contributed by atoms with Crippen LogP contribution in [-0.4, -0.2) is 30.4 Å². The van der Waals surface area contributed by atoms with Gasteiger partial charge in [0.25, 0.3) is 0 Å². The van der Waals surface area contributed by atoms with Gasteiger partial charge in [-0.05, 0) is 50.2 Å². The van der Waals surface area contributed by atoms with E-state index in [4.69, 9.17) is 17.0 Å². The third kappa shape index (κ3) is 4.39. The Balaban J connectivity index is 1.59. The van der Waals surface area contributed by atoms with Crippen molar-refractivity contribution in [1.29, 1.82) is 0 Å². The van der Waals surface area contributed by atoms with Gasteiger partial charge in [-0.2, -0.15) is 0 Å². The zero-order chi connectivity index (χ0) is 12.8. The van der Waals surface area contributed by atoms with Crippen molar-refractivity contribution in [2.45, 2.75) is 64.0 Å². The van der Waals surface area contributed by atoms with Gasteiger partial charge in [0.15, 0.2) is 5.11 Å². The molecule has 18 heavy (non-hydrogen) atoms. The molecule has 0 aromatic carbocycles. The molecule has 0 spiro atoms. The molecule has 3 nitrogen and oxygen atoms in total. The van der Waals surface area contributed by atoms with E-state index >= 15 is 0 Å². The molecule has 0 bridgehead atoms. The minimum Gasteiger partial charge on any atom is -0.378 e. The fraction of sp³-hybridized carbons (Fsp3) is 0.929. The Morgan fingerprint density at radius 1 is 1.22 bits per heavy atom. The van der Waals surface area contributed by atoms with Crippen LogP contribution in [0.1, 0.15) is 51.9 Å². The summed E-state index contributed by atoms with van der Waals surface area (Å²) in [6, 6.07) is 0.571. The molecule has 0 aromatic rings. The van der Waals surface area contributed by atoms with E-state index < -0.39 is 0 Å². The first-order chi connectivity index (χ1) is 8.75. The third-order valence-electron chi connectivity index (χ3n) is 4.20. The van der Waals surface area contributed by atoms with Gasteiger partial charge in [0, 0.05) is 19.2 Å². The molecule has 3 atom stereocenters. The molecule has 2 fully saturated rings. The average molecular weight is 270 g/mol. The molecule has 1 heterocycles. The SMILES string of the molecule is CC1CCCCC1NC(=S)NCCC1CCCO1. The van der Waals surface area contributed by atoms with Crippen molar-refractivity contribution in [3.05, 3.63) is 0 Å². The highest BCUT2D eigenvalue weighted by molar-refractivity contribution is 7.80. The van der Waals surface area contributed by atoms with Gasteiger partial charge in [-0.25, -0.2) is 0 Å². The lowest BCUT2D eigenvalue weighted by atomic mass is 9.86. The third-order valence-corrected chi connectivity index (χ3v) is 4.47. The van der Waals surface area contributed by atoms with E-state index in [0.29, 0.717) is 12.1 Å². The second kappa shape index (κ2) is 7.29. The number of hydrogen-bond acceptors (Lipinski definition) is 2. The van der Waals surface area contributed by atoms with Gasteiger partial charge in [-0.1, -0.05) is 19.8 Å². The van der Waals surface area contributed by atoms with E-state index in [-0.39, 0.29) is 0 Å². The van der Waals surface area contributed by atoms with Crippen LogP contribution in [0.2, 0.25) is 0 Å². The fourth-order valence-corrected chi connectivity index (χ4v) is 3.22. The van der Waals surface area contributed by atoms with Crippen LogP contribution in [-0.2, 0) is 4.74 Å². The molecule has 0 amide bonds. The lowest BCUT2D eigenvalue weighted by Gasteiger charge is -2.30. The van der Waals surface area contributed by atoms with Crippen LogP contribution < -0.4 is 10.6 Å². The smallest absolute Gasteiger partial charge is 0.166 e. The molecule has 2 rings (SSSR count). The summed E-state index contributed by atoms with van der Waals surface area (Å²) < 4.78 is 5.60. The predicted molar refractivity (Wildman–Crippen MR) is 78.7 cm³/mol. The molecule has 104 valence electrons. The Bertz CT molecular complexity index is 267. The summed E-state index contributed by atoms with van der Waals surface area (Å²) in [5.74, 6) is 0.747. The number of rotatable bonds is 4. The Hall–Kier alpha value is -0.350. The molecule has 0 radical (unpaired) electrons. The second-order valence-corrected chi connectivity index (χ2v) is 6.10. The molecular formula is C14H26N2OS. The lowest BCUT2D eigenvalue weighted by Crippen LogP contribution is -2.46. The number of thiocarbonyl (C=S) groups is 1. The second-order valence-electron chi connectivity index (χ2n) is 5.69. The Labute approximate surface area is 116 Å². The van der Waals surface area contributed by atoms with E-state index in [1.165, 1.54) is 38.5 Å². The first-order valence-electron chi connectivity index (χ1n) is 7.41. The number of ether oxygens (including phenoxy) is 1. The summed E-state index contributed by atoms with van der Waals surface area (Å²) in [6.45, 7) is 4.19. The van der Waals surface area contributed by atoms with Crippen LogP contribution in [0.15, 0.2) is 0 Å². The minimum absolute atomic E-state index is 0.453. The van der Waals surface area contributed by atoms with Crippen LogP contribution in [0.4, 0.5) is 0 Å². The first-order valence-corrected chi connectivity index (χ1v) is 7.82. The van der Waals surface area contributed by atoms with E-state index in [9.17, 15) is 0 Å². The molecule has 4 heteroatoms. The predicted octanol–water partition coefficient (Wildman–Crippen LogP) is 2.60. The van der Waals surface area contributed by atoms with Crippen molar-refractivity contribution in [1.82, 2.24) is 10.6 Å². The Kier molecular flexibility index (Phi) is 5.70. The summed E-state index contributed by atoms with van der Waals surface area (Å²) in [7, 11) is 0. The van der Waals surface area contributed by atoms with Crippen LogP contribution in [0, 0.1) is 5.92 Å². The molecule has 2 N–H and O–H groups in total. The summed E-state index contributed by atoms with van der Waals surface area (Å²) in [4.78, 5) is 0. The quantitative estimate of drug-likeness (QED) is 0.769. The molecule has 0 aromatic heterocycles. The van der Waals surface area contributed by atoms with Gasteiger partial charge in [0.1, 0.15) is 0 Å². The van der Waals surface area contributed by atoms with Crippen LogP contribution >= 0.6 is 12.2 Å². The summed E-state index contributed by atoms with van der Waals surface area (Å²) in [5.41, 5.74) is 0. The molecule has 2 aliphatic rings. The van der Waals surface area contributed by atoms with E-state index in [2.05, 4.69) is 17.6 Å². The van der Waals surface area contributed by atoms with E-state index in [1.54, 1.807) is 0 Å². The maximum Gasteiger partial charge on any atom is 0.166 e. The van der Waals surface area contributed by atoms with Crippen molar-refractivity contribution < 1.29 is 4.74 Å². The average Bonchev–Trinajstić information content (AvgIpc) is 2.85. The van der Waals surface area contributed by atoms with Crippen LogP contribution in [0.25, 0.3) is 0 Å². The van der Waals surface area contributed by atoms with Crippen LogP contribution in [0.3, 0.4) is 0 Å². The summed E-state index contributed by atoms with van der Waals surface area (Å²) in [6.07, 6.45) is 9.24. The highest BCUT2D eigenvalue weighted by Gasteiger charge is 2.21. The van der Waals surface area contributed by atoms with E-state index in [0.717, 1.165) is 30.6 Å². The Morgan fingerprint density at radius 3 is 2.78 bits per heavy atom. The monoisotopic (exact) mass is 270 g/mol. The van der Waals surface area contributed by atoms with Crippen molar-refractivity contribution in [3.63, 3.8) is 0 Å². The molecule has 1 saturated carbocycles. The van der Waals surface area contributed by atoms with Gasteiger partial charge < -0.3 is 15.4 Å². The molecule has 3 unspecified atom stereocenters. The zero-order valence-electron chi connectivity index (χ0n) is 11.4. The molecule has 1 aliphatic carbocycles. The number of nitrogens with one attached hydrogen (secondary N) is 2. The van der Waals surface area contributed by atoms with Gasteiger partial charge in [0.2, 0.25) is 0 Å². The minimum atomic E-state index is 0.453. The van der Waals surface area contributed by atoms with Crippen molar-refractivity contribution >= 4 is 17.3 Å². The normalized spacial score (nSPS) is 32.2. The van der Waals surface area contributed by atoms with Crippen molar-refractivity contribution in [3.8, 4) is 0 Å². The van der Waals surface area contributed by atoms with Crippen molar-refractivity contribution in [2.75, 3.05) is 13.2 Å². The standard InChI is InChI=1S/C14H26N2OS/c1-11-5-2-3-7-13(11)16-14(18)15-9-8-12-6-4-10-17-12/h11-13H,2-10H2,1H3,(H2,15,16,18). The van der Waals surface area contributed by atoms with E-state index in [1.807, 2.05) is 0 Å². The molecule has 1 aliphatic heterocycles. The van der Waals surface area contributed by atoms with Gasteiger partial charge in [0.05, 0.1) is 6.10 Å². The maximum absolute atomic E-state index is 5.60. The lowest BCUT2D eigenvalue weighted by molar-refractivity contribution is 0.105. The highest BCUT2D eigenvalue weighted by atomic mass is 32.1. The maximum atomic E-state index is 5.60. The zero-order valence-corrected chi connectivity index (χ0v) is 12.2. The molecule has 1 saturated heterocycles. The first kappa shape index (κ1) is 14.1. The fourth-order valence-electron chi connectivity index (χ4n) is 2.97. The Morgan fingerprint density at radius 2 is 2.06 bits per heavy atom. The number of hydrogen-bond donors (Lipinski definition) is 2. The summed E-state index contributed by atoms with van der Waals surface area (Å²) in [5, 5.41) is 7.62.